The van der Waals surface area contributed by atoms with Gasteiger partial charge in [0, 0.05) is 5.56 Å². The van der Waals surface area contributed by atoms with Gasteiger partial charge in [0.15, 0.2) is 0 Å². The van der Waals surface area contributed by atoms with Crippen LogP contribution in [-0.4, -0.2) is 23.6 Å². The monoisotopic (exact) mass is 285 g/mol. The fraction of sp³-hybridized carbons (Fsp3) is 0.471. The largest absolute Gasteiger partial charge is 0.496 e. The van der Waals surface area contributed by atoms with E-state index in [1.807, 2.05) is 12.3 Å². The molecule has 4 nitrogen and oxygen atoms in total. The van der Waals surface area contributed by atoms with Gasteiger partial charge in [0.05, 0.1) is 25.0 Å². The first-order valence-electron chi connectivity index (χ1n) is 7.71. The summed E-state index contributed by atoms with van der Waals surface area (Å²) in [6.07, 6.45) is 6.90. The van der Waals surface area contributed by atoms with Crippen molar-refractivity contribution < 1.29 is 4.74 Å². The van der Waals surface area contributed by atoms with Crippen molar-refractivity contribution in [3.8, 4) is 17.0 Å². The zero-order valence-corrected chi connectivity index (χ0v) is 12.8. The van der Waals surface area contributed by atoms with Gasteiger partial charge >= 0.3 is 0 Å². The number of methoxy groups -OCH3 is 1. The molecule has 4 heteroatoms. The molecule has 0 radical (unpaired) electrons. The molecule has 1 aromatic carbocycles. The number of hydrogen-bond donors (Lipinski definition) is 2. The Morgan fingerprint density at radius 1 is 1.24 bits per heavy atom. The van der Waals surface area contributed by atoms with Crippen LogP contribution in [0.4, 0.5) is 0 Å². The van der Waals surface area contributed by atoms with Gasteiger partial charge in [-0.05, 0) is 38.4 Å². The summed E-state index contributed by atoms with van der Waals surface area (Å²) in [5, 5.41) is 3.58. The Kier molecular flexibility index (Phi) is 4.25. The first-order chi connectivity index (χ1) is 10.3. The fourth-order valence-corrected chi connectivity index (χ4v) is 2.94. The topological polar surface area (TPSA) is 49.9 Å². The summed E-state index contributed by atoms with van der Waals surface area (Å²) in [4.78, 5) is 8.06. The highest BCUT2D eigenvalue weighted by Crippen LogP contribution is 2.31. The maximum absolute atomic E-state index is 5.47. The highest BCUT2D eigenvalue weighted by molar-refractivity contribution is 5.67. The molecular weight excluding hydrogens is 262 g/mol. The highest BCUT2D eigenvalue weighted by atomic mass is 16.5. The SMILES string of the molecule is COc1ccc(C)cc1-c1cnc(C2CCCCCN2)[nH]1. The summed E-state index contributed by atoms with van der Waals surface area (Å²) < 4.78 is 5.47. The van der Waals surface area contributed by atoms with E-state index in [0.29, 0.717) is 6.04 Å². The fourth-order valence-electron chi connectivity index (χ4n) is 2.94. The number of aromatic nitrogens is 2. The second kappa shape index (κ2) is 6.31. The summed E-state index contributed by atoms with van der Waals surface area (Å²) in [6.45, 7) is 3.17. The van der Waals surface area contributed by atoms with Crippen LogP contribution in [0.1, 0.15) is 43.1 Å². The van der Waals surface area contributed by atoms with Gasteiger partial charge in [-0.15, -0.1) is 0 Å². The number of H-pyrrole nitrogens is 1. The van der Waals surface area contributed by atoms with Gasteiger partial charge in [0.2, 0.25) is 0 Å². The minimum atomic E-state index is 0.344. The average molecular weight is 285 g/mol. The lowest BCUT2D eigenvalue weighted by Gasteiger charge is -2.13. The lowest BCUT2D eigenvalue weighted by Crippen LogP contribution is -2.21. The first-order valence-corrected chi connectivity index (χ1v) is 7.71. The molecule has 2 aromatic rings. The van der Waals surface area contributed by atoms with E-state index < -0.39 is 0 Å². The van der Waals surface area contributed by atoms with Gasteiger partial charge in [0.1, 0.15) is 11.6 Å². The Labute approximate surface area is 125 Å². The Morgan fingerprint density at radius 2 is 2.14 bits per heavy atom. The van der Waals surface area contributed by atoms with Crippen LogP contribution in [0.2, 0.25) is 0 Å². The summed E-state index contributed by atoms with van der Waals surface area (Å²) in [6, 6.07) is 6.55. The molecule has 0 spiro atoms. The Hall–Kier alpha value is -1.81. The van der Waals surface area contributed by atoms with Crippen LogP contribution >= 0.6 is 0 Å². The number of aryl methyl sites for hydroxylation is 1. The smallest absolute Gasteiger partial charge is 0.128 e. The van der Waals surface area contributed by atoms with Crippen molar-refractivity contribution in [2.24, 2.45) is 0 Å². The molecule has 1 fully saturated rings. The van der Waals surface area contributed by atoms with Gasteiger partial charge in [-0.2, -0.15) is 0 Å². The minimum Gasteiger partial charge on any atom is -0.496 e. The molecule has 1 aliphatic heterocycles. The second-order valence-electron chi connectivity index (χ2n) is 5.74. The van der Waals surface area contributed by atoms with Gasteiger partial charge in [0.25, 0.3) is 0 Å². The number of rotatable bonds is 3. The van der Waals surface area contributed by atoms with Crippen LogP contribution < -0.4 is 10.1 Å². The van der Waals surface area contributed by atoms with E-state index in [0.717, 1.165) is 35.8 Å². The highest BCUT2D eigenvalue weighted by Gasteiger charge is 2.18. The van der Waals surface area contributed by atoms with Crippen molar-refractivity contribution >= 4 is 0 Å². The number of nitrogens with one attached hydrogen (secondary N) is 2. The Bertz CT molecular complexity index is 598. The molecule has 2 heterocycles. The van der Waals surface area contributed by atoms with Crippen molar-refractivity contribution in [3.05, 3.63) is 35.8 Å². The van der Waals surface area contributed by atoms with Crippen LogP contribution in [0.25, 0.3) is 11.3 Å². The number of benzene rings is 1. The normalized spacial score (nSPS) is 19.2. The number of aromatic amines is 1. The van der Waals surface area contributed by atoms with Crippen molar-refractivity contribution in [3.63, 3.8) is 0 Å². The lowest BCUT2D eigenvalue weighted by molar-refractivity contribution is 0.416. The van der Waals surface area contributed by atoms with E-state index >= 15 is 0 Å². The third kappa shape index (κ3) is 3.10. The van der Waals surface area contributed by atoms with Gasteiger partial charge in [-0.1, -0.05) is 24.5 Å². The molecule has 112 valence electrons. The standard InChI is InChI=1S/C17H23N3O/c1-12-7-8-16(21-2)13(10-12)15-11-19-17(20-15)14-6-4-3-5-9-18-14/h7-8,10-11,14,18H,3-6,9H2,1-2H3,(H,19,20). The quantitative estimate of drug-likeness (QED) is 0.906. The second-order valence-corrected chi connectivity index (χ2v) is 5.74. The van der Waals surface area contributed by atoms with E-state index in [1.165, 1.54) is 24.8 Å². The van der Waals surface area contributed by atoms with Gasteiger partial charge in [-0.3, -0.25) is 0 Å². The maximum Gasteiger partial charge on any atom is 0.128 e. The molecule has 0 saturated carbocycles. The van der Waals surface area contributed by atoms with E-state index in [2.05, 4.69) is 34.3 Å². The molecule has 2 N–H and O–H groups in total. The number of nitrogens with zero attached hydrogens (tertiary/aromatic N) is 1. The third-order valence-electron chi connectivity index (χ3n) is 4.13. The van der Waals surface area contributed by atoms with Crippen molar-refractivity contribution in [2.75, 3.05) is 13.7 Å². The number of hydrogen-bond acceptors (Lipinski definition) is 3. The zero-order chi connectivity index (χ0) is 14.7. The third-order valence-corrected chi connectivity index (χ3v) is 4.13. The Balaban J connectivity index is 1.89. The van der Waals surface area contributed by atoms with Crippen LogP contribution in [0.3, 0.4) is 0 Å². The first kappa shape index (κ1) is 14.1. The maximum atomic E-state index is 5.47. The molecular formula is C17H23N3O. The van der Waals surface area contributed by atoms with E-state index in [-0.39, 0.29) is 0 Å². The van der Waals surface area contributed by atoms with Gasteiger partial charge < -0.3 is 15.0 Å². The van der Waals surface area contributed by atoms with Crippen molar-refractivity contribution in [1.29, 1.82) is 0 Å². The zero-order valence-electron chi connectivity index (χ0n) is 12.8. The van der Waals surface area contributed by atoms with Crippen LogP contribution in [0.5, 0.6) is 5.75 Å². The summed E-state index contributed by atoms with van der Waals surface area (Å²) in [7, 11) is 1.71. The summed E-state index contributed by atoms with van der Waals surface area (Å²) in [5.74, 6) is 1.92. The van der Waals surface area contributed by atoms with Crippen LogP contribution in [0.15, 0.2) is 24.4 Å². The van der Waals surface area contributed by atoms with Gasteiger partial charge in [-0.25, -0.2) is 4.98 Å². The molecule has 1 aliphatic rings. The molecule has 0 aliphatic carbocycles. The molecule has 1 saturated heterocycles. The molecule has 21 heavy (non-hydrogen) atoms. The Morgan fingerprint density at radius 3 is 3.00 bits per heavy atom. The predicted octanol–water partition coefficient (Wildman–Crippen LogP) is 3.60. The van der Waals surface area contributed by atoms with E-state index in [1.54, 1.807) is 7.11 Å². The lowest BCUT2D eigenvalue weighted by atomic mass is 10.1. The molecule has 3 rings (SSSR count). The van der Waals surface area contributed by atoms with Crippen LogP contribution in [0, 0.1) is 6.92 Å². The number of ether oxygens (including phenoxy) is 1. The van der Waals surface area contributed by atoms with Crippen LogP contribution in [-0.2, 0) is 0 Å². The number of imidazole rings is 1. The molecule has 0 bridgehead atoms. The van der Waals surface area contributed by atoms with Crippen molar-refractivity contribution in [2.45, 2.75) is 38.6 Å². The van der Waals surface area contributed by atoms with E-state index in [4.69, 9.17) is 4.74 Å². The molecule has 1 atom stereocenters. The average Bonchev–Trinajstić information content (AvgIpc) is 2.83. The van der Waals surface area contributed by atoms with E-state index in [9.17, 15) is 0 Å². The minimum absolute atomic E-state index is 0.344. The predicted molar refractivity (Wildman–Crippen MR) is 84.5 cm³/mol. The summed E-state index contributed by atoms with van der Waals surface area (Å²) >= 11 is 0. The molecule has 1 unspecified atom stereocenters. The van der Waals surface area contributed by atoms with Crippen molar-refractivity contribution in [1.82, 2.24) is 15.3 Å². The molecule has 0 amide bonds. The molecule has 1 aromatic heterocycles. The summed E-state index contributed by atoms with van der Waals surface area (Å²) in [5.41, 5.74) is 3.32.